The Labute approximate surface area is 121 Å². The molecule has 0 saturated heterocycles. The first kappa shape index (κ1) is 13.5. The predicted octanol–water partition coefficient (Wildman–Crippen LogP) is 3.17. The van der Waals surface area contributed by atoms with Gasteiger partial charge in [0, 0.05) is 12.1 Å². The Bertz CT molecular complexity index is 712. The average Bonchev–Trinajstić information content (AvgIpc) is 2.97. The van der Waals surface area contributed by atoms with E-state index in [1.807, 2.05) is 30.3 Å². The zero-order valence-corrected chi connectivity index (χ0v) is 11.3. The van der Waals surface area contributed by atoms with Gasteiger partial charge in [-0.05, 0) is 23.8 Å². The van der Waals surface area contributed by atoms with Gasteiger partial charge >= 0.3 is 0 Å². The SMILES string of the molecule is Fc1cccc(-c2nnc(CNCc3ccccc3)o2)c1. The van der Waals surface area contributed by atoms with Crippen molar-refractivity contribution in [2.24, 2.45) is 0 Å². The third kappa shape index (κ3) is 3.52. The van der Waals surface area contributed by atoms with E-state index in [1.54, 1.807) is 12.1 Å². The monoisotopic (exact) mass is 283 g/mol. The fourth-order valence-corrected chi connectivity index (χ4v) is 1.97. The van der Waals surface area contributed by atoms with Crippen molar-refractivity contribution in [2.45, 2.75) is 13.1 Å². The maximum atomic E-state index is 13.1. The lowest BCUT2D eigenvalue weighted by molar-refractivity contribution is 0.477. The average molecular weight is 283 g/mol. The molecule has 21 heavy (non-hydrogen) atoms. The van der Waals surface area contributed by atoms with Crippen LogP contribution in [-0.2, 0) is 13.1 Å². The third-order valence-electron chi connectivity index (χ3n) is 2.99. The normalized spacial score (nSPS) is 10.7. The summed E-state index contributed by atoms with van der Waals surface area (Å²) in [6, 6.07) is 16.1. The van der Waals surface area contributed by atoms with E-state index in [1.165, 1.54) is 17.7 Å². The molecule has 1 heterocycles. The lowest BCUT2D eigenvalue weighted by atomic mass is 10.2. The van der Waals surface area contributed by atoms with E-state index < -0.39 is 0 Å². The predicted molar refractivity (Wildman–Crippen MR) is 76.7 cm³/mol. The Morgan fingerprint density at radius 2 is 1.81 bits per heavy atom. The molecule has 0 radical (unpaired) electrons. The van der Waals surface area contributed by atoms with E-state index >= 15 is 0 Å². The van der Waals surface area contributed by atoms with E-state index in [9.17, 15) is 4.39 Å². The summed E-state index contributed by atoms with van der Waals surface area (Å²) in [4.78, 5) is 0. The van der Waals surface area contributed by atoms with E-state index in [0.29, 0.717) is 23.9 Å². The first-order valence-corrected chi connectivity index (χ1v) is 6.64. The minimum Gasteiger partial charge on any atom is -0.419 e. The molecule has 1 aromatic heterocycles. The van der Waals surface area contributed by atoms with Crippen molar-refractivity contribution < 1.29 is 8.81 Å². The first-order chi connectivity index (χ1) is 10.3. The highest BCUT2D eigenvalue weighted by atomic mass is 19.1. The van der Waals surface area contributed by atoms with Crippen LogP contribution in [0.2, 0.25) is 0 Å². The quantitative estimate of drug-likeness (QED) is 0.781. The van der Waals surface area contributed by atoms with Crippen LogP contribution in [0.3, 0.4) is 0 Å². The molecule has 0 atom stereocenters. The molecule has 3 aromatic rings. The molecule has 5 heteroatoms. The minimum atomic E-state index is -0.325. The molecule has 4 nitrogen and oxygen atoms in total. The summed E-state index contributed by atoms with van der Waals surface area (Å²) in [5.74, 6) is 0.477. The summed E-state index contributed by atoms with van der Waals surface area (Å²) < 4.78 is 18.7. The maximum absolute atomic E-state index is 13.1. The highest BCUT2D eigenvalue weighted by molar-refractivity contribution is 5.52. The van der Waals surface area contributed by atoms with Gasteiger partial charge in [0.2, 0.25) is 11.8 Å². The summed E-state index contributed by atoms with van der Waals surface area (Å²) in [5, 5.41) is 11.1. The van der Waals surface area contributed by atoms with Gasteiger partial charge < -0.3 is 9.73 Å². The van der Waals surface area contributed by atoms with Gasteiger partial charge in [0.15, 0.2) is 0 Å². The number of benzene rings is 2. The molecule has 0 saturated carbocycles. The van der Waals surface area contributed by atoms with Gasteiger partial charge in [0.25, 0.3) is 0 Å². The van der Waals surface area contributed by atoms with Gasteiger partial charge in [-0.25, -0.2) is 4.39 Å². The van der Waals surface area contributed by atoms with Crippen LogP contribution in [0, 0.1) is 5.82 Å². The van der Waals surface area contributed by atoms with Crippen molar-refractivity contribution in [1.82, 2.24) is 15.5 Å². The second-order valence-corrected chi connectivity index (χ2v) is 4.60. The fourth-order valence-electron chi connectivity index (χ4n) is 1.97. The van der Waals surface area contributed by atoms with Crippen molar-refractivity contribution in [3.63, 3.8) is 0 Å². The number of hydrogen-bond acceptors (Lipinski definition) is 4. The van der Waals surface area contributed by atoms with Crippen molar-refractivity contribution in [1.29, 1.82) is 0 Å². The molecule has 0 aliphatic carbocycles. The molecule has 0 fully saturated rings. The molecule has 1 N–H and O–H groups in total. The van der Waals surface area contributed by atoms with Crippen LogP contribution in [-0.4, -0.2) is 10.2 Å². The van der Waals surface area contributed by atoms with Gasteiger partial charge in [-0.3, -0.25) is 0 Å². The Hall–Kier alpha value is -2.53. The van der Waals surface area contributed by atoms with Crippen LogP contribution in [0.15, 0.2) is 59.0 Å². The highest BCUT2D eigenvalue weighted by Gasteiger charge is 2.08. The van der Waals surface area contributed by atoms with Crippen molar-refractivity contribution >= 4 is 0 Å². The summed E-state index contributed by atoms with van der Waals surface area (Å²) in [6.07, 6.45) is 0. The van der Waals surface area contributed by atoms with Crippen molar-refractivity contribution in [3.05, 3.63) is 71.9 Å². The van der Waals surface area contributed by atoms with Crippen molar-refractivity contribution in [2.75, 3.05) is 0 Å². The summed E-state index contributed by atoms with van der Waals surface area (Å²) in [5.41, 5.74) is 1.76. The van der Waals surface area contributed by atoms with Crippen molar-refractivity contribution in [3.8, 4) is 11.5 Å². The van der Waals surface area contributed by atoms with E-state index in [4.69, 9.17) is 4.42 Å². The van der Waals surface area contributed by atoms with Gasteiger partial charge in [-0.2, -0.15) is 0 Å². The Balaban J connectivity index is 1.60. The molecule has 3 rings (SSSR count). The van der Waals surface area contributed by atoms with E-state index in [0.717, 1.165) is 6.54 Å². The van der Waals surface area contributed by atoms with Crippen LogP contribution in [0.1, 0.15) is 11.5 Å². The number of nitrogens with one attached hydrogen (secondary N) is 1. The topological polar surface area (TPSA) is 51.0 Å². The Kier molecular flexibility index (Phi) is 4.02. The lowest BCUT2D eigenvalue weighted by Gasteiger charge is -2.01. The molecular formula is C16H14FN3O. The molecule has 0 amide bonds. The molecule has 0 spiro atoms. The number of nitrogens with zero attached hydrogens (tertiary/aromatic N) is 2. The molecule has 2 aromatic carbocycles. The summed E-state index contributed by atoms with van der Waals surface area (Å²) in [7, 11) is 0. The second-order valence-electron chi connectivity index (χ2n) is 4.60. The maximum Gasteiger partial charge on any atom is 0.247 e. The zero-order valence-electron chi connectivity index (χ0n) is 11.3. The lowest BCUT2D eigenvalue weighted by Crippen LogP contribution is -2.12. The molecule has 0 unspecified atom stereocenters. The summed E-state index contributed by atoms with van der Waals surface area (Å²) in [6.45, 7) is 1.19. The van der Waals surface area contributed by atoms with E-state index in [2.05, 4.69) is 15.5 Å². The zero-order chi connectivity index (χ0) is 14.5. The Morgan fingerprint density at radius 3 is 2.62 bits per heavy atom. The molecule has 106 valence electrons. The van der Waals surface area contributed by atoms with Crippen LogP contribution in [0.25, 0.3) is 11.5 Å². The van der Waals surface area contributed by atoms with Gasteiger partial charge in [-0.15, -0.1) is 10.2 Å². The molecular weight excluding hydrogens is 269 g/mol. The molecule has 0 aliphatic heterocycles. The number of hydrogen-bond donors (Lipinski definition) is 1. The highest BCUT2D eigenvalue weighted by Crippen LogP contribution is 2.18. The number of rotatable bonds is 5. The summed E-state index contributed by atoms with van der Waals surface area (Å²) >= 11 is 0. The van der Waals surface area contributed by atoms with Crippen LogP contribution < -0.4 is 5.32 Å². The smallest absolute Gasteiger partial charge is 0.247 e. The largest absolute Gasteiger partial charge is 0.419 e. The minimum absolute atomic E-state index is 0.325. The number of aromatic nitrogens is 2. The Morgan fingerprint density at radius 1 is 0.952 bits per heavy atom. The fraction of sp³-hybridized carbons (Fsp3) is 0.125. The van der Waals surface area contributed by atoms with Crippen LogP contribution in [0.4, 0.5) is 4.39 Å². The van der Waals surface area contributed by atoms with E-state index in [-0.39, 0.29) is 5.82 Å². The number of halogens is 1. The van der Waals surface area contributed by atoms with Gasteiger partial charge in [0.1, 0.15) is 5.82 Å². The second kappa shape index (κ2) is 6.28. The van der Waals surface area contributed by atoms with Gasteiger partial charge in [-0.1, -0.05) is 36.4 Å². The third-order valence-corrected chi connectivity index (χ3v) is 2.99. The van der Waals surface area contributed by atoms with Crippen LogP contribution in [0.5, 0.6) is 0 Å². The van der Waals surface area contributed by atoms with Crippen LogP contribution >= 0.6 is 0 Å². The molecule has 0 aliphatic rings. The standard InChI is InChI=1S/C16H14FN3O/c17-14-8-4-7-13(9-14)16-20-19-15(21-16)11-18-10-12-5-2-1-3-6-12/h1-9,18H,10-11H2. The van der Waals surface area contributed by atoms with Gasteiger partial charge in [0.05, 0.1) is 6.54 Å². The molecule has 0 bridgehead atoms. The first-order valence-electron chi connectivity index (χ1n) is 6.64.